The van der Waals surface area contributed by atoms with E-state index >= 15 is 0 Å². The quantitative estimate of drug-likeness (QED) is 0.184. The minimum absolute atomic E-state index is 0.358. The van der Waals surface area contributed by atoms with Crippen molar-refractivity contribution < 1.29 is 14.7 Å². The molecular formula is C33H33ClN2O3S. The van der Waals surface area contributed by atoms with Gasteiger partial charge < -0.3 is 15.3 Å². The molecule has 0 bridgehead atoms. The molecule has 4 rings (SSSR count). The summed E-state index contributed by atoms with van der Waals surface area (Å²) in [5.74, 6) is -0.777. The highest BCUT2D eigenvalue weighted by Gasteiger charge is 2.23. The normalized spacial score (nSPS) is 11.6. The number of carboxylic acids is 1. The lowest BCUT2D eigenvalue weighted by Crippen LogP contribution is -2.41. The maximum absolute atomic E-state index is 13.4. The van der Waals surface area contributed by atoms with Gasteiger partial charge >= 0.3 is 5.97 Å². The van der Waals surface area contributed by atoms with Crippen molar-refractivity contribution in [3.63, 3.8) is 0 Å². The van der Waals surface area contributed by atoms with E-state index in [2.05, 4.69) is 22.3 Å². The summed E-state index contributed by atoms with van der Waals surface area (Å²) in [6.45, 7) is 3.30. The topological polar surface area (TPSA) is 69.6 Å². The monoisotopic (exact) mass is 572 g/mol. The lowest BCUT2D eigenvalue weighted by molar-refractivity contribution is -0.139. The molecule has 0 radical (unpaired) electrons. The van der Waals surface area contributed by atoms with Crippen LogP contribution in [0.2, 0.25) is 5.02 Å². The molecular weight excluding hydrogens is 540 g/mol. The van der Waals surface area contributed by atoms with Crippen LogP contribution < -0.4 is 10.2 Å². The van der Waals surface area contributed by atoms with Gasteiger partial charge in [0.25, 0.3) is 5.91 Å². The summed E-state index contributed by atoms with van der Waals surface area (Å²) in [5.41, 5.74) is 6.45. The second-order valence-electron chi connectivity index (χ2n) is 9.66. The summed E-state index contributed by atoms with van der Waals surface area (Å²) in [7, 11) is 0. The Balaban J connectivity index is 1.70. The minimum atomic E-state index is -1.03. The van der Waals surface area contributed by atoms with Crippen LogP contribution in [0.15, 0.2) is 97.1 Å². The Morgan fingerprint density at radius 1 is 0.875 bits per heavy atom. The average Bonchev–Trinajstić information content (AvgIpc) is 2.96. The lowest BCUT2D eigenvalue weighted by atomic mass is 9.93. The van der Waals surface area contributed by atoms with Gasteiger partial charge in [0, 0.05) is 29.4 Å². The molecule has 4 aromatic rings. The second kappa shape index (κ2) is 14.1. The largest absolute Gasteiger partial charge is 0.480 e. The number of carboxylic acid groups (broad SMARTS) is 1. The molecule has 0 unspecified atom stereocenters. The lowest BCUT2D eigenvalue weighted by Gasteiger charge is -2.26. The van der Waals surface area contributed by atoms with E-state index in [1.165, 1.54) is 0 Å². The predicted octanol–water partition coefficient (Wildman–Crippen LogP) is 7.46. The van der Waals surface area contributed by atoms with Crippen molar-refractivity contribution in [1.29, 1.82) is 0 Å². The first-order valence-electron chi connectivity index (χ1n) is 13.1. The molecule has 0 fully saturated rings. The first kappa shape index (κ1) is 29.2. The molecule has 40 heavy (non-hydrogen) atoms. The van der Waals surface area contributed by atoms with Crippen LogP contribution in [0.3, 0.4) is 0 Å². The fraction of sp³-hybridized carbons (Fsp3) is 0.212. The van der Waals surface area contributed by atoms with E-state index in [1.807, 2.05) is 98.1 Å². The molecule has 0 aliphatic heterocycles. The van der Waals surface area contributed by atoms with Crippen LogP contribution in [0.25, 0.3) is 11.1 Å². The Kier molecular flexibility index (Phi) is 10.3. The van der Waals surface area contributed by atoms with Gasteiger partial charge in [0.05, 0.1) is 0 Å². The molecule has 1 amide bonds. The van der Waals surface area contributed by atoms with Crippen LogP contribution >= 0.6 is 23.4 Å². The fourth-order valence-corrected chi connectivity index (χ4v) is 5.22. The van der Waals surface area contributed by atoms with Crippen molar-refractivity contribution >= 4 is 40.9 Å². The second-order valence-corrected chi connectivity index (χ2v) is 11.1. The molecule has 7 heteroatoms. The maximum atomic E-state index is 13.4. The number of hydrogen-bond donors (Lipinski definition) is 2. The van der Waals surface area contributed by atoms with E-state index in [0.29, 0.717) is 35.8 Å². The third-order valence-corrected chi connectivity index (χ3v) is 7.66. The number of nitrogens with one attached hydrogen (secondary N) is 1. The Hall–Kier alpha value is -3.74. The summed E-state index contributed by atoms with van der Waals surface area (Å²) in [6.07, 6.45) is 2.28. The fourth-order valence-electron chi connectivity index (χ4n) is 4.62. The number of carbonyl (C=O) groups excluding carboxylic acids is 1. The number of halogens is 1. The van der Waals surface area contributed by atoms with Gasteiger partial charge in [0.1, 0.15) is 6.04 Å². The number of thioether (sulfide) groups is 1. The van der Waals surface area contributed by atoms with Gasteiger partial charge in [-0.3, -0.25) is 4.79 Å². The summed E-state index contributed by atoms with van der Waals surface area (Å²) in [4.78, 5) is 27.6. The van der Waals surface area contributed by atoms with Crippen molar-refractivity contribution in [3.8, 4) is 11.1 Å². The first-order chi connectivity index (χ1) is 19.4. The zero-order chi connectivity index (χ0) is 28.5. The van der Waals surface area contributed by atoms with E-state index in [-0.39, 0.29) is 5.91 Å². The van der Waals surface area contributed by atoms with Gasteiger partial charge in [-0.15, -0.1) is 0 Å². The van der Waals surface area contributed by atoms with Crippen LogP contribution in [0.1, 0.15) is 33.5 Å². The highest BCUT2D eigenvalue weighted by atomic mass is 35.5. The van der Waals surface area contributed by atoms with E-state index in [1.54, 1.807) is 11.8 Å². The molecule has 0 saturated carbocycles. The van der Waals surface area contributed by atoms with E-state index in [9.17, 15) is 14.7 Å². The van der Waals surface area contributed by atoms with Gasteiger partial charge in [-0.2, -0.15) is 11.8 Å². The third kappa shape index (κ3) is 7.68. The van der Waals surface area contributed by atoms with Gasteiger partial charge in [-0.25, -0.2) is 4.79 Å². The molecule has 0 saturated heterocycles. The number of aliphatic carboxylic acids is 1. The number of anilines is 1. The number of benzene rings is 4. The van der Waals surface area contributed by atoms with E-state index in [0.717, 1.165) is 33.5 Å². The Labute approximate surface area is 245 Å². The van der Waals surface area contributed by atoms with Crippen molar-refractivity contribution in [3.05, 3.63) is 124 Å². The Morgan fingerprint density at radius 2 is 1.52 bits per heavy atom. The minimum Gasteiger partial charge on any atom is -0.480 e. The molecule has 0 aromatic heterocycles. The zero-order valence-corrected chi connectivity index (χ0v) is 24.2. The van der Waals surface area contributed by atoms with Crippen LogP contribution in [0.5, 0.6) is 0 Å². The molecule has 206 valence electrons. The number of hydrogen-bond acceptors (Lipinski definition) is 4. The van der Waals surface area contributed by atoms with Crippen molar-refractivity contribution in [2.24, 2.45) is 0 Å². The molecule has 0 spiro atoms. The van der Waals surface area contributed by atoms with Gasteiger partial charge in [0.15, 0.2) is 0 Å². The molecule has 5 nitrogen and oxygen atoms in total. The number of carbonyl (C=O) groups is 2. The highest BCUT2D eigenvalue weighted by molar-refractivity contribution is 7.98. The summed E-state index contributed by atoms with van der Waals surface area (Å²) in [6, 6.07) is 30.8. The molecule has 0 aliphatic rings. The Bertz CT molecular complexity index is 1440. The molecule has 1 atom stereocenters. The van der Waals surface area contributed by atoms with Crippen LogP contribution in [0.4, 0.5) is 5.69 Å². The SMILES string of the molecule is CSCC[C@H](NC(=O)c1ccc(CN(Cc2ccc(Cl)cc2)c2ccccc2)cc1-c1ccccc1C)C(=O)O. The number of amides is 1. The van der Waals surface area contributed by atoms with E-state index in [4.69, 9.17) is 11.6 Å². The molecule has 0 aliphatic carbocycles. The predicted molar refractivity (Wildman–Crippen MR) is 166 cm³/mol. The van der Waals surface area contributed by atoms with Gasteiger partial charge in [-0.05, 0) is 89.6 Å². The highest BCUT2D eigenvalue weighted by Crippen LogP contribution is 2.30. The number of rotatable bonds is 12. The number of aryl methyl sites for hydroxylation is 1. The molecule has 4 aromatic carbocycles. The summed E-state index contributed by atoms with van der Waals surface area (Å²) < 4.78 is 0. The van der Waals surface area contributed by atoms with E-state index < -0.39 is 12.0 Å². The van der Waals surface area contributed by atoms with Gasteiger partial charge in [-0.1, -0.05) is 72.3 Å². The van der Waals surface area contributed by atoms with Crippen LogP contribution in [-0.2, 0) is 17.9 Å². The van der Waals surface area contributed by atoms with Crippen molar-refractivity contribution in [2.75, 3.05) is 16.9 Å². The maximum Gasteiger partial charge on any atom is 0.326 e. The molecule has 2 N–H and O–H groups in total. The summed E-state index contributed by atoms with van der Waals surface area (Å²) >= 11 is 7.67. The zero-order valence-electron chi connectivity index (χ0n) is 22.6. The molecule has 0 heterocycles. The third-order valence-electron chi connectivity index (χ3n) is 6.76. The van der Waals surface area contributed by atoms with Crippen molar-refractivity contribution in [1.82, 2.24) is 5.32 Å². The smallest absolute Gasteiger partial charge is 0.326 e. The average molecular weight is 573 g/mol. The summed E-state index contributed by atoms with van der Waals surface area (Å²) in [5, 5.41) is 13.1. The van der Waals surface area contributed by atoms with Gasteiger partial charge in [0.2, 0.25) is 0 Å². The Morgan fingerprint density at radius 3 is 2.20 bits per heavy atom. The standard InChI is InChI=1S/C33H33ClN2O3S/c1-23-8-6-7-11-28(23)30-20-25(14-17-29(30)32(37)35-31(33(38)39)18-19-40-2)22-36(27-9-4-3-5-10-27)21-24-12-15-26(34)16-13-24/h3-17,20,31H,18-19,21-22H2,1-2H3,(H,35,37)(H,38,39)/t31-/m0/s1. The number of nitrogens with zero attached hydrogens (tertiary/aromatic N) is 1. The van der Waals surface area contributed by atoms with Crippen LogP contribution in [0, 0.1) is 6.92 Å². The van der Waals surface area contributed by atoms with Crippen molar-refractivity contribution in [2.45, 2.75) is 32.5 Å². The van der Waals surface area contributed by atoms with Crippen LogP contribution in [-0.4, -0.2) is 35.0 Å². The number of para-hydroxylation sites is 1. The first-order valence-corrected chi connectivity index (χ1v) is 14.9.